The predicted molar refractivity (Wildman–Crippen MR) is 241 cm³/mol. The van der Waals surface area contributed by atoms with Crippen molar-refractivity contribution < 1.29 is 0 Å². The summed E-state index contributed by atoms with van der Waals surface area (Å²) in [6, 6.07) is 60.3. The molecule has 0 saturated carbocycles. The van der Waals surface area contributed by atoms with Crippen molar-refractivity contribution in [3.8, 4) is 11.1 Å². The lowest BCUT2D eigenvalue weighted by Gasteiger charge is -2.28. The fraction of sp³-hybridized carbons (Fsp3) is 0.154. The van der Waals surface area contributed by atoms with E-state index in [9.17, 15) is 0 Å². The van der Waals surface area contributed by atoms with Gasteiger partial charge in [0.25, 0.3) is 0 Å². The van der Waals surface area contributed by atoms with Gasteiger partial charge in [0.15, 0.2) is 0 Å². The average Bonchev–Trinajstić information content (AvgIpc) is 3.40. The SMILES string of the molecule is Cc1cc(C)cc(N(c2ccccc2)c2ccc(C=Cc3ccc4c(c3)C(C)(C)c3cc(N(c5ccccc5)c5ccc([Si](C)(C)C)cc5)ccc3-4)cc2)c1. The van der Waals surface area contributed by atoms with Gasteiger partial charge >= 0.3 is 0 Å². The third-order valence-corrected chi connectivity index (χ3v) is 13.1. The van der Waals surface area contributed by atoms with E-state index in [4.69, 9.17) is 0 Å². The molecule has 0 radical (unpaired) electrons. The van der Waals surface area contributed by atoms with Gasteiger partial charge in [0.1, 0.15) is 0 Å². The van der Waals surface area contributed by atoms with E-state index in [2.05, 4.69) is 233 Å². The molecule has 0 aliphatic heterocycles. The van der Waals surface area contributed by atoms with Gasteiger partial charge in [-0.3, -0.25) is 0 Å². The fourth-order valence-electron chi connectivity index (χ4n) is 8.15. The first-order chi connectivity index (χ1) is 26.5. The third kappa shape index (κ3) is 7.21. The maximum Gasteiger partial charge on any atom is 0.0775 e. The average molecular weight is 731 g/mol. The van der Waals surface area contributed by atoms with Crippen LogP contribution in [0.5, 0.6) is 0 Å². The topological polar surface area (TPSA) is 6.48 Å². The Morgan fingerprint density at radius 3 is 1.42 bits per heavy atom. The van der Waals surface area contributed by atoms with Crippen LogP contribution in [0.1, 0.15) is 47.2 Å². The molecule has 8 rings (SSSR count). The number of aryl methyl sites for hydroxylation is 2. The van der Waals surface area contributed by atoms with Crippen LogP contribution in [-0.2, 0) is 5.41 Å². The summed E-state index contributed by atoms with van der Waals surface area (Å²) in [5.41, 5.74) is 17.1. The minimum Gasteiger partial charge on any atom is -0.310 e. The Kier molecular flexibility index (Phi) is 9.44. The summed E-state index contributed by atoms with van der Waals surface area (Å²) in [4.78, 5) is 4.73. The molecule has 7 aromatic rings. The summed E-state index contributed by atoms with van der Waals surface area (Å²) in [6.45, 7) is 16.3. The summed E-state index contributed by atoms with van der Waals surface area (Å²) in [7, 11) is -1.41. The number of para-hydroxylation sites is 2. The van der Waals surface area contributed by atoms with Crippen molar-refractivity contribution in [2.75, 3.05) is 9.80 Å². The molecule has 0 fully saturated rings. The van der Waals surface area contributed by atoms with Gasteiger partial charge in [-0.15, -0.1) is 0 Å². The van der Waals surface area contributed by atoms with Gasteiger partial charge in [0.2, 0.25) is 0 Å². The summed E-state index contributed by atoms with van der Waals surface area (Å²) < 4.78 is 0. The molecule has 3 heteroatoms. The fourth-order valence-corrected chi connectivity index (χ4v) is 9.32. The van der Waals surface area contributed by atoms with Gasteiger partial charge in [-0.25, -0.2) is 0 Å². The highest BCUT2D eigenvalue weighted by Gasteiger charge is 2.36. The molecule has 0 saturated heterocycles. The number of anilines is 6. The molecule has 0 heterocycles. The molecule has 0 atom stereocenters. The molecule has 0 spiro atoms. The van der Waals surface area contributed by atoms with Crippen molar-refractivity contribution in [2.24, 2.45) is 0 Å². The summed E-state index contributed by atoms with van der Waals surface area (Å²) in [5, 5.41) is 1.47. The van der Waals surface area contributed by atoms with Gasteiger partial charge in [0, 0.05) is 39.5 Å². The molecule has 2 nitrogen and oxygen atoms in total. The highest BCUT2D eigenvalue weighted by molar-refractivity contribution is 6.88. The number of hydrogen-bond donors (Lipinski definition) is 0. The zero-order valence-corrected chi connectivity index (χ0v) is 34.1. The van der Waals surface area contributed by atoms with Crippen molar-refractivity contribution >= 4 is 59.5 Å². The number of hydrogen-bond acceptors (Lipinski definition) is 2. The molecule has 0 bridgehead atoms. The maximum atomic E-state index is 2.42. The molecular weight excluding hydrogens is 681 g/mol. The number of rotatable bonds is 9. The molecule has 0 N–H and O–H groups in total. The number of benzene rings is 7. The first-order valence-electron chi connectivity index (χ1n) is 19.4. The van der Waals surface area contributed by atoms with Crippen LogP contribution in [-0.4, -0.2) is 8.07 Å². The van der Waals surface area contributed by atoms with Crippen molar-refractivity contribution in [1.29, 1.82) is 0 Å². The Morgan fingerprint density at radius 1 is 0.418 bits per heavy atom. The van der Waals surface area contributed by atoms with Crippen molar-refractivity contribution in [3.63, 3.8) is 0 Å². The monoisotopic (exact) mass is 730 g/mol. The van der Waals surface area contributed by atoms with E-state index in [-0.39, 0.29) is 5.41 Å². The molecular formula is C52H50N2Si. The molecule has 0 unspecified atom stereocenters. The summed E-state index contributed by atoms with van der Waals surface area (Å²) in [6.07, 6.45) is 4.48. The van der Waals surface area contributed by atoms with Gasteiger partial charge in [0.05, 0.1) is 8.07 Å². The summed E-state index contributed by atoms with van der Waals surface area (Å²) in [5.74, 6) is 0. The molecule has 0 aromatic heterocycles. The molecule has 7 aromatic carbocycles. The lowest BCUT2D eigenvalue weighted by atomic mass is 9.81. The Hall–Kier alpha value is -5.90. The maximum absolute atomic E-state index is 2.42. The lowest BCUT2D eigenvalue weighted by Crippen LogP contribution is -2.37. The van der Waals surface area contributed by atoms with E-state index in [0.29, 0.717) is 0 Å². The van der Waals surface area contributed by atoms with Gasteiger partial charge in [-0.2, -0.15) is 0 Å². The zero-order chi connectivity index (χ0) is 38.3. The zero-order valence-electron chi connectivity index (χ0n) is 33.1. The van der Waals surface area contributed by atoms with Crippen LogP contribution in [0, 0.1) is 13.8 Å². The molecule has 0 amide bonds. The minimum absolute atomic E-state index is 0.148. The van der Waals surface area contributed by atoms with E-state index in [1.165, 1.54) is 66.8 Å². The minimum atomic E-state index is -1.41. The predicted octanol–water partition coefficient (Wildman–Crippen LogP) is 14.3. The van der Waals surface area contributed by atoms with Crippen molar-refractivity contribution in [3.05, 3.63) is 197 Å². The van der Waals surface area contributed by atoms with Crippen LogP contribution >= 0.6 is 0 Å². The number of nitrogens with zero attached hydrogens (tertiary/aromatic N) is 2. The highest BCUT2D eigenvalue weighted by Crippen LogP contribution is 2.51. The Morgan fingerprint density at radius 2 is 0.855 bits per heavy atom. The molecule has 1 aliphatic rings. The standard InChI is InChI=1S/C52H50N2Si/c1-37-32-38(2)34-46(33-37)54(42-16-12-9-13-17-42)43-23-20-39(21-24-43)18-19-40-22-30-48-49-31-27-45(36-51(49)52(3,4)50(48)35-40)53(41-14-10-8-11-15-41)44-25-28-47(29-26-44)55(5,6)7/h8-36H,1-7H3. The number of fused-ring (bicyclic) bond motifs is 3. The van der Waals surface area contributed by atoms with E-state index < -0.39 is 8.07 Å². The summed E-state index contributed by atoms with van der Waals surface area (Å²) >= 11 is 0. The van der Waals surface area contributed by atoms with Crippen LogP contribution in [0.2, 0.25) is 19.6 Å². The largest absolute Gasteiger partial charge is 0.310 e. The second-order valence-corrected chi connectivity index (χ2v) is 21.6. The van der Waals surface area contributed by atoms with Gasteiger partial charge in [-0.1, -0.05) is 142 Å². The molecule has 55 heavy (non-hydrogen) atoms. The van der Waals surface area contributed by atoms with Gasteiger partial charge < -0.3 is 9.80 Å². The smallest absolute Gasteiger partial charge is 0.0775 e. The first-order valence-corrected chi connectivity index (χ1v) is 22.9. The van der Waals surface area contributed by atoms with Crippen LogP contribution in [0.25, 0.3) is 23.3 Å². The first kappa shape index (κ1) is 36.1. The van der Waals surface area contributed by atoms with Gasteiger partial charge in [-0.05, 0) is 131 Å². The van der Waals surface area contributed by atoms with Crippen LogP contribution < -0.4 is 15.0 Å². The van der Waals surface area contributed by atoms with Crippen molar-refractivity contribution in [2.45, 2.75) is 52.8 Å². The second kappa shape index (κ2) is 14.4. The van der Waals surface area contributed by atoms with Crippen molar-refractivity contribution in [1.82, 2.24) is 0 Å². The second-order valence-electron chi connectivity index (χ2n) is 16.6. The van der Waals surface area contributed by atoms with E-state index in [1.54, 1.807) is 0 Å². The lowest BCUT2D eigenvalue weighted by molar-refractivity contribution is 0.660. The quantitative estimate of drug-likeness (QED) is 0.108. The molecule has 272 valence electrons. The van der Waals surface area contributed by atoms with Crippen LogP contribution in [0.15, 0.2) is 164 Å². The Bertz CT molecular complexity index is 2470. The third-order valence-electron chi connectivity index (χ3n) is 11.0. The van der Waals surface area contributed by atoms with E-state index in [1.807, 2.05) is 0 Å². The highest BCUT2D eigenvalue weighted by atomic mass is 28.3. The normalized spacial score (nSPS) is 13.1. The van der Waals surface area contributed by atoms with Crippen LogP contribution in [0.3, 0.4) is 0 Å². The van der Waals surface area contributed by atoms with E-state index >= 15 is 0 Å². The van der Waals surface area contributed by atoms with Crippen LogP contribution in [0.4, 0.5) is 34.1 Å². The Balaban J connectivity index is 1.07. The van der Waals surface area contributed by atoms with E-state index in [0.717, 1.165) is 17.1 Å². The Labute approximate surface area is 329 Å². The molecule has 1 aliphatic carbocycles.